The van der Waals surface area contributed by atoms with Gasteiger partial charge in [0.2, 0.25) is 15.9 Å². The van der Waals surface area contributed by atoms with E-state index in [1.54, 1.807) is 24.7 Å². The highest BCUT2D eigenvalue weighted by Gasteiger charge is 2.22. The summed E-state index contributed by atoms with van der Waals surface area (Å²) in [5, 5.41) is 2.83. The highest BCUT2D eigenvalue weighted by atomic mass is 32.2. The Bertz CT molecular complexity index is 1080. The Labute approximate surface area is 171 Å². The Morgan fingerprint density at radius 3 is 2.45 bits per heavy atom. The number of hydrogen-bond donors (Lipinski definition) is 1. The first-order chi connectivity index (χ1) is 13.9. The van der Waals surface area contributed by atoms with Gasteiger partial charge in [-0.3, -0.25) is 9.10 Å². The standard InChI is InChI=1S/C21H24N4O3S/c1-3-17-8-4-7-11-20(17)25(29(2,27)28)15-21(26)23-14-18-9-5-6-10-19(18)24-13-12-22-16-24/h4-13,16H,3,14-15H2,1-2H3,(H,23,26). The Morgan fingerprint density at radius 2 is 1.79 bits per heavy atom. The van der Waals surface area contributed by atoms with Crippen LogP contribution in [-0.4, -0.2) is 36.7 Å². The summed E-state index contributed by atoms with van der Waals surface area (Å²) >= 11 is 0. The summed E-state index contributed by atoms with van der Waals surface area (Å²) in [5.41, 5.74) is 3.21. The number of aryl methyl sites for hydroxylation is 1. The Balaban J connectivity index is 1.76. The number of benzene rings is 2. The summed E-state index contributed by atoms with van der Waals surface area (Å²) in [5.74, 6) is -0.373. The maximum atomic E-state index is 12.6. The van der Waals surface area contributed by atoms with Gasteiger partial charge in [-0.05, 0) is 29.7 Å². The number of aromatic nitrogens is 2. The van der Waals surface area contributed by atoms with Crippen LogP contribution in [0.1, 0.15) is 18.1 Å². The molecule has 0 atom stereocenters. The lowest BCUT2D eigenvalue weighted by molar-refractivity contribution is -0.119. The average Bonchev–Trinajstić information content (AvgIpc) is 3.24. The molecule has 0 aliphatic heterocycles. The van der Waals surface area contributed by atoms with Crippen LogP contribution in [0.3, 0.4) is 0 Å². The zero-order valence-corrected chi connectivity index (χ0v) is 17.3. The van der Waals surface area contributed by atoms with Crippen molar-refractivity contribution in [2.45, 2.75) is 19.9 Å². The summed E-state index contributed by atoms with van der Waals surface area (Å²) in [7, 11) is -3.61. The fraction of sp³-hybridized carbons (Fsp3) is 0.238. The Hall–Kier alpha value is -3.13. The highest BCUT2D eigenvalue weighted by molar-refractivity contribution is 7.92. The van der Waals surface area contributed by atoms with Gasteiger partial charge in [0.25, 0.3) is 0 Å². The second kappa shape index (κ2) is 8.91. The number of carbonyl (C=O) groups is 1. The molecule has 0 saturated carbocycles. The third-order valence-electron chi connectivity index (χ3n) is 4.58. The predicted octanol–water partition coefficient (Wildman–Crippen LogP) is 2.52. The topological polar surface area (TPSA) is 84.3 Å². The van der Waals surface area contributed by atoms with Crippen LogP contribution >= 0.6 is 0 Å². The van der Waals surface area contributed by atoms with Gasteiger partial charge in [0, 0.05) is 18.9 Å². The lowest BCUT2D eigenvalue weighted by Gasteiger charge is -2.24. The first kappa shape index (κ1) is 20.6. The van der Waals surface area contributed by atoms with Gasteiger partial charge in [-0.1, -0.05) is 43.3 Å². The van der Waals surface area contributed by atoms with Gasteiger partial charge < -0.3 is 9.88 Å². The van der Waals surface area contributed by atoms with Crippen molar-refractivity contribution in [1.82, 2.24) is 14.9 Å². The zero-order valence-electron chi connectivity index (χ0n) is 16.4. The average molecular weight is 413 g/mol. The minimum atomic E-state index is -3.61. The van der Waals surface area contributed by atoms with Gasteiger partial charge in [0.05, 0.1) is 24.0 Å². The van der Waals surface area contributed by atoms with Crippen LogP contribution in [0.4, 0.5) is 5.69 Å². The molecule has 152 valence electrons. The minimum absolute atomic E-state index is 0.275. The number of amides is 1. The molecule has 3 aromatic rings. The number of nitrogens with zero attached hydrogens (tertiary/aromatic N) is 3. The van der Waals surface area contributed by atoms with Crippen LogP contribution in [0.25, 0.3) is 5.69 Å². The van der Waals surface area contributed by atoms with E-state index in [0.29, 0.717) is 12.1 Å². The van der Waals surface area contributed by atoms with Crippen molar-refractivity contribution in [3.05, 3.63) is 78.4 Å². The first-order valence-electron chi connectivity index (χ1n) is 9.28. The molecule has 29 heavy (non-hydrogen) atoms. The van der Waals surface area contributed by atoms with E-state index in [0.717, 1.165) is 27.4 Å². The molecule has 1 amide bonds. The predicted molar refractivity (Wildman–Crippen MR) is 113 cm³/mol. The number of nitrogens with one attached hydrogen (secondary N) is 1. The Morgan fingerprint density at radius 1 is 1.10 bits per heavy atom. The molecular weight excluding hydrogens is 388 g/mol. The molecule has 0 unspecified atom stereocenters. The van der Waals surface area contributed by atoms with Crippen molar-refractivity contribution in [3.8, 4) is 5.69 Å². The molecule has 0 saturated heterocycles. The number of imidazole rings is 1. The number of carbonyl (C=O) groups excluding carboxylic acids is 1. The highest BCUT2D eigenvalue weighted by Crippen LogP contribution is 2.23. The van der Waals surface area contributed by atoms with E-state index in [1.165, 1.54) is 0 Å². The third-order valence-corrected chi connectivity index (χ3v) is 5.71. The maximum absolute atomic E-state index is 12.6. The van der Waals surface area contributed by atoms with Crippen LogP contribution in [0.2, 0.25) is 0 Å². The van der Waals surface area contributed by atoms with Gasteiger partial charge in [0.1, 0.15) is 6.54 Å². The maximum Gasteiger partial charge on any atom is 0.241 e. The van der Waals surface area contributed by atoms with Crippen molar-refractivity contribution in [3.63, 3.8) is 0 Å². The quantitative estimate of drug-likeness (QED) is 0.616. The van der Waals surface area contributed by atoms with E-state index < -0.39 is 10.0 Å². The fourth-order valence-electron chi connectivity index (χ4n) is 3.13. The second-order valence-corrected chi connectivity index (χ2v) is 8.53. The molecular formula is C21H24N4O3S. The van der Waals surface area contributed by atoms with Gasteiger partial charge in [-0.15, -0.1) is 0 Å². The number of anilines is 1. The van der Waals surface area contributed by atoms with Crippen LogP contribution in [0, 0.1) is 0 Å². The Kier molecular flexibility index (Phi) is 6.33. The molecule has 3 rings (SSSR count). The molecule has 0 aliphatic carbocycles. The van der Waals surface area contributed by atoms with Crippen molar-refractivity contribution < 1.29 is 13.2 Å². The summed E-state index contributed by atoms with van der Waals surface area (Å²) in [6.45, 7) is 1.95. The fourth-order valence-corrected chi connectivity index (χ4v) is 4.02. The van der Waals surface area contributed by atoms with Crippen LogP contribution < -0.4 is 9.62 Å². The third kappa shape index (κ3) is 5.03. The molecule has 0 aliphatic rings. The van der Waals surface area contributed by atoms with Crippen LogP contribution in [-0.2, 0) is 27.8 Å². The molecule has 8 heteroatoms. The van der Waals surface area contributed by atoms with Crippen LogP contribution in [0.15, 0.2) is 67.3 Å². The molecule has 1 N–H and O–H groups in total. The van der Waals surface area contributed by atoms with Gasteiger partial charge >= 0.3 is 0 Å². The van der Waals surface area contributed by atoms with Crippen molar-refractivity contribution >= 4 is 21.6 Å². The summed E-state index contributed by atoms with van der Waals surface area (Å²) in [4.78, 5) is 16.7. The van der Waals surface area contributed by atoms with Crippen molar-refractivity contribution in [2.24, 2.45) is 0 Å². The molecule has 0 fully saturated rings. The minimum Gasteiger partial charge on any atom is -0.350 e. The molecule has 1 aromatic heterocycles. The van der Waals surface area contributed by atoms with Gasteiger partial charge in [-0.2, -0.15) is 0 Å². The SMILES string of the molecule is CCc1ccccc1N(CC(=O)NCc1ccccc1-n1ccnc1)S(C)(=O)=O. The van der Waals surface area contributed by atoms with E-state index in [2.05, 4.69) is 10.3 Å². The largest absolute Gasteiger partial charge is 0.350 e. The van der Waals surface area contributed by atoms with Crippen molar-refractivity contribution in [1.29, 1.82) is 0 Å². The van der Waals surface area contributed by atoms with Gasteiger partial charge in [-0.25, -0.2) is 13.4 Å². The van der Waals surface area contributed by atoms with Gasteiger partial charge in [0.15, 0.2) is 0 Å². The lowest BCUT2D eigenvalue weighted by atomic mass is 10.1. The summed E-state index contributed by atoms with van der Waals surface area (Å²) in [6.07, 6.45) is 6.98. The van der Waals surface area contributed by atoms with Crippen molar-refractivity contribution in [2.75, 3.05) is 17.1 Å². The first-order valence-corrected chi connectivity index (χ1v) is 11.1. The smallest absolute Gasteiger partial charge is 0.241 e. The van der Waals surface area contributed by atoms with Crippen LogP contribution in [0.5, 0.6) is 0 Å². The molecule has 0 bridgehead atoms. The molecule has 0 radical (unpaired) electrons. The van der Waals surface area contributed by atoms with E-state index >= 15 is 0 Å². The molecule has 2 aromatic carbocycles. The molecule has 0 spiro atoms. The summed E-state index contributed by atoms with van der Waals surface area (Å²) in [6, 6.07) is 14.9. The normalized spacial score (nSPS) is 11.2. The summed E-state index contributed by atoms with van der Waals surface area (Å²) < 4.78 is 27.7. The van der Waals surface area contributed by atoms with E-state index in [-0.39, 0.29) is 19.0 Å². The number of rotatable bonds is 8. The number of sulfonamides is 1. The molecule has 1 heterocycles. The zero-order chi connectivity index (χ0) is 20.9. The number of hydrogen-bond acceptors (Lipinski definition) is 4. The number of para-hydroxylation sites is 2. The van der Waals surface area contributed by atoms with E-state index in [1.807, 2.05) is 54.1 Å². The van der Waals surface area contributed by atoms with E-state index in [9.17, 15) is 13.2 Å². The second-order valence-electron chi connectivity index (χ2n) is 6.63. The van der Waals surface area contributed by atoms with E-state index in [4.69, 9.17) is 0 Å². The monoisotopic (exact) mass is 412 g/mol. The lowest BCUT2D eigenvalue weighted by Crippen LogP contribution is -2.40. The molecule has 7 nitrogen and oxygen atoms in total.